The molecule has 242 valence electrons. The minimum Gasteiger partial charge on any atom is -0.457 e. The molecule has 0 spiro atoms. The fourth-order valence-electron chi connectivity index (χ4n) is 5.71. The van der Waals surface area contributed by atoms with Crippen molar-refractivity contribution in [3.8, 4) is 22.1 Å². The smallest absolute Gasteiger partial charge is 0.223 e. The number of nitrogens with zero attached hydrogens (tertiary/aromatic N) is 5. The van der Waals surface area contributed by atoms with Crippen LogP contribution in [-0.4, -0.2) is 61.7 Å². The van der Waals surface area contributed by atoms with Gasteiger partial charge >= 0.3 is 0 Å². The minimum atomic E-state index is -0.186. The second-order valence-corrected chi connectivity index (χ2v) is 13.2. The van der Waals surface area contributed by atoms with Crippen molar-refractivity contribution in [3.63, 3.8) is 0 Å². The summed E-state index contributed by atoms with van der Waals surface area (Å²) in [6.45, 7) is 6.29. The Balaban J connectivity index is 1.13. The first kappa shape index (κ1) is 32.0. The second kappa shape index (κ2) is 14.2. The van der Waals surface area contributed by atoms with E-state index in [0.29, 0.717) is 62.0 Å². The Morgan fingerprint density at radius 3 is 2.47 bits per heavy atom. The predicted octanol–water partition coefficient (Wildman–Crippen LogP) is 6.40. The van der Waals surface area contributed by atoms with Crippen molar-refractivity contribution >= 4 is 34.9 Å². The van der Waals surface area contributed by atoms with Crippen LogP contribution in [0.2, 0.25) is 0 Å². The number of rotatable bonds is 11. The normalized spacial score (nSPS) is 16.3. The van der Waals surface area contributed by atoms with E-state index < -0.39 is 0 Å². The van der Waals surface area contributed by atoms with Crippen LogP contribution in [0.4, 0.5) is 0 Å². The third-order valence-corrected chi connectivity index (χ3v) is 9.52. The maximum atomic E-state index is 12.6. The Morgan fingerprint density at radius 2 is 1.77 bits per heavy atom. The zero-order chi connectivity index (χ0) is 32.9. The van der Waals surface area contributed by atoms with Gasteiger partial charge in [0, 0.05) is 80.4 Å². The molecule has 0 saturated carbocycles. The van der Waals surface area contributed by atoms with Gasteiger partial charge < -0.3 is 19.3 Å². The molecule has 6 rings (SSSR count). The van der Waals surface area contributed by atoms with E-state index in [9.17, 15) is 9.59 Å². The number of aromatic nitrogens is 3. The highest BCUT2D eigenvalue weighted by Crippen LogP contribution is 2.33. The van der Waals surface area contributed by atoms with E-state index in [1.807, 2.05) is 47.4 Å². The lowest BCUT2D eigenvalue weighted by Crippen LogP contribution is -2.25. The lowest BCUT2D eigenvalue weighted by molar-refractivity contribution is -0.129. The van der Waals surface area contributed by atoms with E-state index >= 15 is 0 Å². The van der Waals surface area contributed by atoms with Gasteiger partial charge in [0.05, 0.1) is 0 Å². The Kier molecular flexibility index (Phi) is 9.67. The number of benzene rings is 2. The van der Waals surface area contributed by atoms with Crippen molar-refractivity contribution in [2.24, 2.45) is 5.92 Å². The van der Waals surface area contributed by atoms with Crippen molar-refractivity contribution in [1.29, 1.82) is 10.8 Å². The number of carbonyl (C=O) groups is 2. The highest BCUT2D eigenvalue weighted by Gasteiger charge is 2.31. The molecule has 12 heteroatoms. The first-order valence-corrected chi connectivity index (χ1v) is 16.6. The molecule has 0 aliphatic carbocycles. The molecule has 2 aromatic heterocycles. The molecule has 4 heterocycles. The molecule has 2 aliphatic heterocycles. The van der Waals surface area contributed by atoms with Gasteiger partial charge in [0.2, 0.25) is 17.7 Å². The molecule has 1 atom stereocenters. The van der Waals surface area contributed by atoms with Crippen molar-refractivity contribution in [1.82, 2.24) is 25.0 Å². The summed E-state index contributed by atoms with van der Waals surface area (Å²) in [5.41, 5.74) is 3.19. The Labute approximate surface area is 277 Å². The van der Waals surface area contributed by atoms with Crippen LogP contribution in [0.15, 0.2) is 67.0 Å². The summed E-state index contributed by atoms with van der Waals surface area (Å²) in [5, 5.41) is 27.5. The van der Waals surface area contributed by atoms with Gasteiger partial charge in [0.1, 0.15) is 21.5 Å². The van der Waals surface area contributed by atoms with Gasteiger partial charge in [-0.15, -0.1) is 10.2 Å². The van der Waals surface area contributed by atoms with E-state index in [2.05, 4.69) is 29.0 Å². The zero-order valence-corrected chi connectivity index (χ0v) is 27.3. The fraction of sp³-hybridized carbons (Fsp3) is 0.343. The van der Waals surface area contributed by atoms with Crippen LogP contribution in [0.5, 0.6) is 11.5 Å². The Morgan fingerprint density at radius 1 is 0.979 bits per heavy atom. The first-order chi connectivity index (χ1) is 22.7. The molecule has 4 aromatic rings. The van der Waals surface area contributed by atoms with Gasteiger partial charge in [-0.25, -0.2) is 0 Å². The summed E-state index contributed by atoms with van der Waals surface area (Å²) < 4.78 is 12.0. The second-order valence-electron chi connectivity index (χ2n) is 12.2. The number of ether oxygens (including phenoxy) is 2. The maximum Gasteiger partial charge on any atom is 0.223 e. The molecular weight excluding hydrogens is 614 g/mol. The van der Waals surface area contributed by atoms with Gasteiger partial charge in [0.25, 0.3) is 0 Å². The fourth-order valence-corrected chi connectivity index (χ4v) is 6.56. The van der Waals surface area contributed by atoms with Crippen molar-refractivity contribution in [2.75, 3.05) is 13.1 Å². The molecule has 11 nitrogen and oxygen atoms in total. The molecule has 47 heavy (non-hydrogen) atoms. The van der Waals surface area contributed by atoms with Crippen LogP contribution in [0.25, 0.3) is 10.6 Å². The van der Waals surface area contributed by atoms with Crippen LogP contribution < -0.4 is 4.74 Å². The maximum absolute atomic E-state index is 12.6. The lowest BCUT2D eigenvalue weighted by Gasteiger charge is -2.19. The minimum absolute atomic E-state index is 0.0419. The quantitative estimate of drug-likeness (QED) is 0.141. The third kappa shape index (κ3) is 7.89. The van der Waals surface area contributed by atoms with Crippen molar-refractivity contribution in [3.05, 3.63) is 88.7 Å². The number of amides is 2. The van der Waals surface area contributed by atoms with Crippen molar-refractivity contribution in [2.45, 2.75) is 58.5 Å². The molecule has 2 aliphatic rings. The van der Waals surface area contributed by atoms with Gasteiger partial charge in [-0.3, -0.25) is 25.4 Å². The van der Waals surface area contributed by atoms with Gasteiger partial charge in [-0.2, -0.15) is 0 Å². The SMILES string of the molecule is CC(C)c1nnc(-c2ccc(Oc3cc(C(=N)OC(=N)CC4CC(=O)N(Cc5ccncc5)C4)ccc3CN3CCCC3=O)cc2)s1. The van der Waals surface area contributed by atoms with Crippen molar-refractivity contribution < 1.29 is 19.1 Å². The van der Waals surface area contributed by atoms with Crippen LogP contribution in [0.1, 0.15) is 67.1 Å². The summed E-state index contributed by atoms with van der Waals surface area (Å²) in [4.78, 5) is 32.6. The standard InChI is InChI=1S/C35H37N7O4S/c1-22(2)34-39-40-35(47-34)25-7-9-28(10-8-25)45-29-18-26(5-6-27(29)21-41-15-3-4-31(41)43)33(37)46-30(36)16-24-17-32(44)42(20-24)19-23-11-13-38-14-12-23/h5-14,18,22,24,36-37H,3-4,15-17,19-21H2,1-2H3. The highest BCUT2D eigenvalue weighted by atomic mass is 32.1. The number of hydrogen-bond acceptors (Lipinski definition) is 10. The number of pyridine rings is 1. The Hall–Kier alpha value is -4.97. The van der Waals surface area contributed by atoms with Gasteiger partial charge in [-0.05, 0) is 66.4 Å². The summed E-state index contributed by atoms with van der Waals surface area (Å²) in [6.07, 6.45) is 5.36. The average molecular weight is 652 g/mol. The number of nitrogens with one attached hydrogen (secondary N) is 2. The average Bonchev–Trinajstić information content (AvgIpc) is 3.79. The van der Waals surface area contributed by atoms with Gasteiger partial charge in [0.15, 0.2) is 5.90 Å². The van der Waals surface area contributed by atoms with Crippen LogP contribution in [0, 0.1) is 16.7 Å². The molecule has 1 unspecified atom stereocenters. The highest BCUT2D eigenvalue weighted by molar-refractivity contribution is 7.14. The summed E-state index contributed by atoms with van der Waals surface area (Å²) in [5.74, 6) is 1.23. The number of likely N-dealkylation sites (tertiary alicyclic amines) is 2. The summed E-state index contributed by atoms with van der Waals surface area (Å²) >= 11 is 1.57. The first-order valence-electron chi connectivity index (χ1n) is 15.7. The Bertz CT molecular complexity index is 1770. The van der Waals surface area contributed by atoms with E-state index in [1.54, 1.807) is 40.8 Å². The van der Waals surface area contributed by atoms with Crippen LogP contribution >= 0.6 is 11.3 Å². The molecule has 2 saturated heterocycles. The largest absolute Gasteiger partial charge is 0.457 e. The van der Waals surface area contributed by atoms with Crippen LogP contribution in [-0.2, 0) is 27.4 Å². The summed E-state index contributed by atoms with van der Waals surface area (Å²) in [7, 11) is 0. The van der Waals surface area contributed by atoms with E-state index in [4.69, 9.17) is 20.3 Å². The molecular formula is C35H37N7O4S. The van der Waals surface area contributed by atoms with E-state index in [0.717, 1.165) is 33.1 Å². The molecule has 2 aromatic carbocycles. The third-order valence-electron chi connectivity index (χ3n) is 8.24. The van der Waals surface area contributed by atoms with E-state index in [1.165, 1.54) is 0 Å². The molecule has 0 radical (unpaired) electrons. The topological polar surface area (TPSA) is 145 Å². The number of carbonyl (C=O) groups excluding carboxylic acids is 2. The number of hydrogen-bond donors (Lipinski definition) is 2. The zero-order valence-electron chi connectivity index (χ0n) is 26.4. The molecule has 2 amide bonds. The molecule has 2 fully saturated rings. The summed E-state index contributed by atoms with van der Waals surface area (Å²) in [6, 6.07) is 16.7. The van der Waals surface area contributed by atoms with Crippen LogP contribution in [0.3, 0.4) is 0 Å². The molecule has 2 N–H and O–H groups in total. The lowest BCUT2D eigenvalue weighted by atomic mass is 10.0. The monoisotopic (exact) mass is 651 g/mol. The van der Waals surface area contributed by atoms with Gasteiger partial charge in [-0.1, -0.05) is 31.3 Å². The van der Waals surface area contributed by atoms with E-state index in [-0.39, 0.29) is 35.9 Å². The molecule has 0 bridgehead atoms. The predicted molar refractivity (Wildman–Crippen MR) is 179 cm³/mol.